The third-order valence-corrected chi connectivity index (χ3v) is 7.83. The third kappa shape index (κ3) is 4.66. The van der Waals surface area contributed by atoms with Crippen LogP contribution in [0.5, 0.6) is 0 Å². The van der Waals surface area contributed by atoms with Crippen LogP contribution in [0.25, 0.3) is 21.0 Å². The van der Waals surface area contributed by atoms with Crippen molar-refractivity contribution in [2.24, 2.45) is 4.99 Å². The van der Waals surface area contributed by atoms with Crippen LogP contribution >= 0.6 is 45.7 Å². The minimum absolute atomic E-state index is 0.178. The number of benzene rings is 4. The molecule has 0 aliphatic carbocycles. The normalized spacial score (nSPS) is 11.7. The van der Waals surface area contributed by atoms with Crippen molar-refractivity contribution in [1.29, 1.82) is 0 Å². The fourth-order valence-corrected chi connectivity index (χ4v) is 5.79. The molecule has 0 saturated carbocycles. The van der Waals surface area contributed by atoms with Gasteiger partial charge in [0.15, 0.2) is 4.34 Å². The van der Waals surface area contributed by atoms with Crippen molar-refractivity contribution >= 4 is 78.6 Å². The van der Waals surface area contributed by atoms with Crippen molar-refractivity contribution < 1.29 is 4.39 Å². The standard InChI is InChI=1S/C25H16FIN2S2/c26-22-11-7-17(20-3-1-2-4-21(20)22)15-30-25-29-23-12-10-19(13-24(23)31-25)28-14-16-5-8-18(27)9-6-16/h1-14H,15H2. The summed E-state index contributed by atoms with van der Waals surface area (Å²) >= 11 is 5.64. The first kappa shape index (κ1) is 20.6. The van der Waals surface area contributed by atoms with Gasteiger partial charge in [-0.15, -0.1) is 11.3 Å². The maximum absolute atomic E-state index is 14.1. The number of halogens is 2. The van der Waals surface area contributed by atoms with E-state index in [0.29, 0.717) is 5.39 Å². The molecule has 0 aliphatic rings. The average Bonchev–Trinajstić information content (AvgIpc) is 3.21. The topological polar surface area (TPSA) is 25.2 Å². The maximum atomic E-state index is 14.1. The molecule has 0 atom stereocenters. The largest absolute Gasteiger partial charge is 0.256 e. The van der Waals surface area contributed by atoms with Crippen LogP contribution in [0.15, 0.2) is 88.2 Å². The van der Waals surface area contributed by atoms with Gasteiger partial charge in [0.05, 0.1) is 15.9 Å². The van der Waals surface area contributed by atoms with Gasteiger partial charge < -0.3 is 0 Å². The molecule has 0 radical (unpaired) electrons. The van der Waals surface area contributed by atoms with E-state index in [-0.39, 0.29) is 5.82 Å². The molecule has 1 aromatic heterocycles. The lowest BCUT2D eigenvalue weighted by atomic mass is 10.1. The van der Waals surface area contributed by atoms with E-state index in [1.54, 1.807) is 29.2 Å². The Labute approximate surface area is 201 Å². The summed E-state index contributed by atoms with van der Waals surface area (Å²) in [5.74, 6) is 0.570. The molecule has 0 amide bonds. The fraction of sp³-hybridized carbons (Fsp3) is 0.0400. The van der Waals surface area contributed by atoms with Crippen molar-refractivity contribution in [2.45, 2.75) is 10.1 Å². The van der Waals surface area contributed by atoms with E-state index in [1.807, 2.05) is 48.7 Å². The molecule has 0 aliphatic heterocycles. The van der Waals surface area contributed by atoms with Crippen LogP contribution in [0.1, 0.15) is 11.1 Å². The van der Waals surface area contributed by atoms with E-state index in [9.17, 15) is 4.39 Å². The first-order valence-corrected chi connectivity index (χ1v) is 12.5. The lowest BCUT2D eigenvalue weighted by Gasteiger charge is -2.06. The maximum Gasteiger partial charge on any atom is 0.151 e. The summed E-state index contributed by atoms with van der Waals surface area (Å²) in [5, 5.41) is 1.63. The second-order valence-electron chi connectivity index (χ2n) is 6.98. The summed E-state index contributed by atoms with van der Waals surface area (Å²) < 4.78 is 17.4. The summed E-state index contributed by atoms with van der Waals surface area (Å²) in [6.45, 7) is 0. The number of hydrogen-bond acceptors (Lipinski definition) is 4. The van der Waals surface area contributed by atoms with Crippen LogP contribution in [0.2, 0.25) is 0 Å². The molecule has 6 heteroatoms. The molecule has 0 fully saturated rings. The van der Waals surface area contributed by atoms with Crippen molar-refractivity contribution in [3.63, 3.8) is 0 Å². The van der Waals surface area contributed by atoms with Gasteiger partial charge >= 0.3 is 0 Å². The van der Waals surface area contributed by atoms with Crippen LogP contribution in [-0.4, -0.2) is 11.2 Å². The summed E-state index contributed by atoms with van der Waals surface area (Å²) in [6.07, 6.45) is 1.88. The lowest BCUT2D eigenvalue weighted by molar-refractivity contribution is 0.639. The van der Waals surface area contributed by atoms with E-state index in [1.165, 1.54) is 3.57 Å². The highest BCUT2D eigenvalue weighted by Gasteiger charge is 2.09. The number of hydrogen-bond donors (Lipinski definition) is 0. The molecule has 5 aromatic rings. The van der Waals surface area contributed by atoms with Gasteiger partial charge in [-0.05, 0) is 75.5 Å². The first-order valence-electron chi connectivity index (χ1n) is 9.65. The van der Waals surface area contributed by atoms with E-state index < -0.39 is 0 Å². The van der Waals surface area contributed by atoms with E-state index in [4.69, 9.17) is 4.98 Å². The van der Waals surface area contributed by atoms with E-state index in [0.717, 1.165) is 42.5 Å². The second-order valence-corrected chi connectivity index (χ2v) is 10.5. The number of fused-ring (bicyclic) bond motifs is 2. The highest BCUT2D eigenvalue weighted by atomic mass is 127. The molecule has 0 saturated heterocycles. The lowest BCUT2D eigenvalue weighted by Crippen LogP contribution is -1.87. The number of thioether (sulfide) groups is 1. The summed E-state index contributed by atoms with van der Waals surface area (Å²) in [6, 6.07) is 25.4. The third-order valence-electron chi connectivity index (χ3n) is 4.90. The SMILES string of the molecule is Fc1ccc(CSc2nc3ccc(N=Cc4ccc(I)cc4)cc3s2)c2ccccc12. The number of nitrogens with zero attached hydrogens (tertiary/aromatic N) is 2. The molecular formula is C25H16FIN2S2. The summed E-state index contributed by atoms with van der Waals surface area (Å²) in [7, 11) is 0. The molecular weight excluding hydrogens is 538 g/mol. The number of aromatic nitrogens is 1. The second kappa shape index (κ2) is 9.06. The summed E-state index contributed by atoms with van der Waals surface area (Å²) in [5.41, 5.74) is 4.08. The van der Waals surface area contributed by atoms with E-state index in [2.05, 4.69) is 57.9 Å². The Morgan fingerprint density at radius 1 is 0.968 bits per heavy atom. The van der Waals surface area contributed by atoms with Crippen molar-refractivity contribution in [2.75, 3.05) is 0 Å². The molecule has 0 bridgehead atoms. The van der Waals surface area contributed by atoms with Crippen LogP contribution in [0, 0.1) is 9.39 Å². The molecule has 1 heterocycles. The fourth-order valence-electron chi connectivity index (χ4n) is 3.32. The molecule has 2 nitrogen and oxygen atoms in total. The Bertz CT molecular complexity index is 1410. The predicted molar refractivity (Wildman–Crippen MR) is 139 cm³/mol. The zero-order valence-corrected chi connectivity index (χ0v) is 20.0. The Hall–Kier alpha value is -2.29. The average molecular weight is 554 g/mol. The Morgan fingerprint density at radius 3 is 2.61 bits per heavy atom. The highest BCUT2D eigenvalue weighted by molar-refractivity contribution is 14.1. The minimum atomic E-state index is -0.178. The van der Waals surface area contributed by atoms with Gasteiger partial charge in [0.25, 0.3) is 0 Å². The summed E-state index contributed by atoms with van der Waals surface area (Å²) in [4.78, 5) is 9.36. The van der Waals surface area contributed by atoms with Crippen molar-refractivity contribution in [3.05, 3.63) is 99.4 Å². The monoisotopic (exact) mass is 554 g/mol. The molecule has 5 rings (SSSR count). The van der Waals surface area contributed by atoms with Gasteiger partial charge in [-0.25, -0.2) is 9.37 Å². The highest BCUT2D eigenvalue weighted by Crippen LogP contribution is 2.35. The van der Waals surface area contributed by atoms with Crippen LogP contribution in [0.4, 0.5) is 10.1 Å². The minimum Gasteiger partial charge on any atom is -0.256 e. The number of rotatable bonds is 5. The van der Waals surface area contributed by atoms with Crippen LogP contribution < -0.4 is 0 Å². The number of aliphatic imine (C=N–C) groups is 1. The van der Waals surface area contributed by atoms with Gasteiger partial charge in [-0.1, -0.05) is 54.2 Å². The van der Waals surface area contributed by atoms with E-state index >= 15 is 0 Å². The number of thiazole rings is 1. The Balaban J connectivity index is 1.35. The van der Waals surface area contributed by atoms with Crippen molar-refractivity contribution in [1.82, 2.24) is 4.98 Å². The molecule has 4 aromatic carbocycles. The Kier molecular flexibility index (Phi) is 6.02. The molecule has 31 heavy (non-hydrogen) atoms. The quantitative estimate of drug-likeness (QED) is 0.124. The smallest absolute Gasteiger partial charge is 0.151 e. The molecule has 152 valence electrons. The zero-order chi connectivity index (χ0) is 21.2. The van der Waals surface area contributed by atoms with Crippen molar-refractivity contribution in [3.8, 4) is 0 Å². The van der Waals surface area contributed by atoms with Crippen LogP contribution in [0.3, 0.4) is 0 Å². The zero-order valence-electron chi connectivity index (χ0n) is 16.3. The van der Waals surface area contributed by atoms with Crippen LogP contribution in [-0.2, 0) is 5.75 Å². The van der Waals surface area contributed by atoms with Gasteiger partial charge in [0, 0.05) is 20.9 Å². The Morgan fingerprint density at radius 2 is 1.77 bits per heavy atom. The first-order chi connectivity index (χ1) is 15.2. The van der Waals surface area contributed by atoms with Gasteiger partial charge in [-0.2, -0.15) is 0 Å². The van der Waals surface area contributed by atoms with Gasteiger partial charge in [-0.3, -0.25) is 4.99 Å². The van der Waals surface area contributed by atoms with Gasteiger partial charge in [0.1, 0.15) is 5.82 Å². The molecule has 0 N–H and O–H groups in total. The predicted octanol–water partition coefficient (Wildman–Crippen LogP) is 8.24. The molecule has 0 spiro atoms. The molecule has 0 unspecified atom stereocenters. The van der Waals surface area contributed by atoms with Gasteiger partial charge in [0.2, 0.25) is 0 Å².